The maximum Gasteiger partial charge on any atom is 0.320 e. The van der Waals surface area contributed by atoms with Gasteiger partial charge in [0.2, 0.25) is 15.9 Å². The molecule has 0 spiro atoms. The molecule has 8 heteroatoms. The van der Waals surface area contributed by atoms with E-state index in [2.05, 4.69) is 5.32 Å². The molecule has 0 aliphatic rings. The Labute approximate surface area is 94.5 Å². The highest BCUT2D eigenvalue weighted by Crippen LogP contribution is 1.97. The fourth-order valence-corrected chi connectivity index (χ4v) is 1.78. The van der Waals surface area contributed by atoms with Crippen LogP contribution in [-0.4, -0.2) is 55.1 Å². The third-order valence-corrected chi connectivity index (χ3v) is 3.29. The highest BCUT2D eigenvalue weighted by Gasteiger charge is 2.23. The Kier molecular flexibility index (Phi) is 5.39. The zero-order chi connectivity index (χ0) is 12.9. The summed E-state index contributed by atoms with van der Waals surface area (Å²) < 4.78 is 23.4. The van der Waals surface area contributed by atoms with Crippen molar-refractivity contribution < 1.29 is 23.1 Å². The first kappa shape index (κ1) is 14.8. The monoisotopic (exact) mass is 252 g/mol. The minimum Gasteiger partial charge on any atom is -0.480 e. The van der Waals surface area contributed by atoms with Gasteiger partial charge < -0.3 is 10.4 Å². The summed E-state index contributed by atoms with van der Waals surface area (Å²) in [4.78, 5) is 21.5. The Bertz CT molecular complexity index is 363. The van der Waals surface area contributed by atoms with Crippen molar-refractivity contribution in [3.63, 3.8) is 0 Å². The molecule has 0 aliphatic heterocycles. The molecule has 94 valence electrons. The van der Waals surface area contributed by atoms with Crippen LogP contribution < -0.4 is 5.32 Å². The van der Waals surface area contributed by atoms with Gasteiger partial charge >= 0.3 is 5.97 Å². The summed E-state index contributed by atoms with van der Waals surface area (Å²) in [5.74, 6) is -2.93. The van der Waals surface area contributed by atoms with Crippen LogP contribution in [0.1, 0.15) is 13.8 Å². The third kappa shape index (κ3) is 5.66. The van der Waals surface area contributed by atoms with Crippen molar-refractivity contribution in [3.05, 3.63) is 0 Å². The lowest BCUT2D eigenvalue weighted by molar-refractivity contribution is -0.134. The molecule has 0 aromatic heterocycles. The van der Waals surface area contributed by atoms with E-state index in [1.165, 1.54) is 0 Å². The van der Waals surface area contributed by atoms with Gasteiger partial charge in [0, 0.05) is 13.1 Å². The van der Waals surface area contributed by atoms with Crippen LogP contribution in [0, 0.1) is 0 Å². The van der Waals surface area contributed by atoms with E-state index in [0.29, 0.717) is 0 Å². The lowest BCUT2D eigenvalue weighted by atomic mass is 10.4. The molecule has 0 fully saturated rings. The van der Waals surface area contributed by atoms with Crippen molar-refractivity contribution in [2.75, 3.05) is 19.3 Å². The van der Waals surface area contributed by atoms with Crippen LogP contribution in [0.4, 0.5) is 0 Å². The van der Waals surface area contributed by atoms with E-state index in [9.17, 15) is 18.0 Å². The van der Waals surface area contributed by atoms with E-state index in [4.69, 9.17) is 5.11 Å². The Morgan fingerprint density at radius 3 is 2.25 bits per heavy atom. The molecule has 1 amide bonds. The second-order valence-electron chi connectivity index (χ2n) is 3.63. The number of likely N-dealkylation sites (N-methyl/N-ethyl adjacent to an activating group) is 1. The number of amides is 1. The molecule has 0 aromatic rings. The van der Waals surface area contributed by atoms with E-state index in [1.54, 1.807) is 13.8 Å². The van der Waals surface area contributed by atoms with Gasteiger partial charge in [-0.2, -0.15) is 4.31 Å². The normalized spacial score (nSPS) is 11.8. The number of carboxylic acid groups (broad SMARTS) is 1. The zero-order valence-corrected chi connectivity index (χ0v) is 10.2. The van der Waals surface area contributed by atoms with Crippen molar-refractivity contribution in [2.24, 2.45) is 0 Å². The smallest absolute Gasteiger partial charge is 0.320 e. The molecule has 0 radical (unpaired) electrons. The average Bonchev–Trinajstić information content (AvgIpc) is 1.98. The Morgan fingerprint density at radius 1 is 1.38 bits per heavy atom. The maximum absolute atomic E-state index is 11.3. The molecule has 16 heavy (non-hydrogen) atoms. The number of carboxylic acids is 1. The summed E-state index contributed by atoms with van der Waals surface area (Å²) in [6.45, 7) is 3.10. The molecule has 0 atom stereocenters. The van der Waals surface area contributed by atoms with Crippen molar-refractivity contribution in [1.82, 2.24) is 9.62 Å². The van der Waals surface area contributed by atoms with Gasteiger partial charge in [0.05, 0.1) is 6.54 Å². The van der Waals surface area contributed by atoms with E-state index in [1.807, 2.05) is 0 Å². The van der Waals surface area contributed by atoms with Gasteiger partial charge in [0.1, 0.15) is 0 Å². The average molecular weight is 252 g/mol. The van der Waals surface area contributed by atoms with Gasteiger partial charge in [-0.1, -0.05) is 0 Å². The van der Waals surface area contributed by atoms with Gasteiger partial charge in [0.15, 0.2) is 5.75 Å². The largest absolute Gasteiger partial charge is 0.480 e. The quantitative estimate of drug-likeness (QED) is 0.621. The summed E-state index contributed by atoms with van der Waals surface area (Å²) in [5, 5.41) is 10.9. The molecule has 0 saturated carbocycles. The predicted molar refractivity (Wildman–Crippen MR) is 57.3 cm³/mol. The van der Waals surface area contributed by atoms with Crippen LogP contribution in [0.15, 0.2) is 0 Å². The first-order valence-corrected chi connectivity index (χ1v) is 6.21. The number of hydrogen-bond acceptors (Lipinski definition) is 4. The van der Waals surface area contributed by atoms with Crippen molar-refractivity contribution >= 4 is 21.9 Å². The number of rotatable bonds is 6. The molecule has 2 N–H and O–H groups in total. The summed E-state index contributed by atoms with van der Waals surface area (Å²) >= 11 is 0. The standard InChI is InChI=1S/C8H16N2O5S/c1-6(2)9-7(11)4-10(3)16(14,15)5-8(12)13/h6H,4-5H2,1-3H3,(H,9,11)(H,12,13). The lowest BCUT2D eigenvalue weighted by Gasteiger charge is -2.16. The predicted octanol–water partition coefficient (Wildman–Crippen LogP) is -1.14. The summed E-state index contributed by atoms with van der Waals surface area (Å²) in [7, 11) is -2.75. The molecule has 7 nitrogen and oxygen atoms in total. The minimum atomic E-state index is -3.92. The molecular weight excluding hydrogens is 236 g/mol. The van der Waals surface area contributed by atoms with Gasteiger partial charge in [-0.05, 0) is 13.8 Å². The SMILES string of the molecule is CC(C)NC(=O)CN(C)S(=O)(=O)CC(=O)O. The van der Waals surface area contributed by atoms with Gasteiger partial charge in [-0.25, -0.2) is 8.42 Å². The highest BCUT2D eigenvalue weighted by atomic mass is 32.2. The molecular formula is C8H16N2O5S. The molecule has 0 bridgehead atoms. The van der Waals surface area contributed by atoms with Gasteiger partial charge in [0.25, 0.3) is 0 Å². The maximum atomic E-state index is 11.3. The molecule has 0 unspecified atom stereocenters. The van der Waals surface area contributed by atoms with Crippen molar-refractivity contribution in [3.8, 4) is 0 Å². The summed E-state index contributed by atoms with van der Waals surface area (Å²) in [5.41, 5.74) is 0. The topological polar surface area (TPSA) is 104 Å². The van der Waals surface area contributed by atoms with Crippen LogP contribution in [0.25, 0.3) is 0 Å². The van der Waals surface area contributed by atoms with E-state index in [-0.39, 0.29) is 12.6 Å². The zero-order valence-electron chi connectivity index (χ0n) is 9.43. The van der Waals surface area contributed by atoms with Gasteiger partial charge in [-0.3, -0.25) is 9.59 Å². The first-order valence-electron chi connectivity index (χ1n) is 4.60. The molecule has 0 rings (SSSR count). The van der Waals surface area contributed by atoms with Crippen LogP contribution in [0.2, 0.25) is 0 Å². The fraction of sp³-hybridized carbons (Fsp3) is 0.750. The van der Waals surface area contributed by atoms with Crippen LogP contribution in [0.3, 0.4) is 0 Å². The number of nitrogens with one attached hydrogen (secondary N) is 1. The molecule has 0 aliphatic carbocycles. The van der Waals surface area contributed by atoms with E-state index in [0.717, 1.165) is 11.4 Å². The second-order valence-corrected chi connectivity index (χ2v) is 5.70. The molecule has 0 aromatic carbocycles. The van der Waals surface area contributed by atoms with Gasteiger partial charge in [-0.15, -0.1) is 0 Å². The number of hydrogen-bond donors (Lipinski definition) is 2. The fourth-order valence-electron chi connectivity index (χ4n) is 0.934. The Balaban J connectivity index is 4.40. The van der Waals surface area contributed by atoms with Crippen molar-refractivity contribution in [1.29, 1.82) is 0 Å². The lowest BCUT2D eigenvalue weighted by Crippen LogP contribution is -2.42. The molecule has 0 heterocycles. The minimum absolute atomic E-state index is 0.0944. The van der Waals surface area contributed by atoms with E-state index < -0.39 is 27.7 Å². The van der Waals surface area contributed by atoms with Crippen LogP contribution in [0.5, 0.6) is 0 Å². The van der Waals surface area contributed by atoms with Crippen LogP contribution in [-0.2, 0) is 19.6 Å². The summed E-state index contributed by atoms with van der Waals surface area (Å²) in [6, 6.07) is -0.0944. The van der Waals surface area contributed by atoms with Crippen LogP contribution >= 0.6 is 0 Å². The Morgan fingerprint density at radius 2 is 1.88 bits per heavy atom. The number of nitrogens with zero attached hydrogens (tertiary/aromatic N) is 1. The first-order chi connectivity index (χ1) is 7.15. The number of aliphatic carboxylic acids is 1. The number of sulfonamides is 1. The third-order valence-electron chi connectivity index (χ3n) is 1.60. The Hall–Kier alpha value is -1.15. The number of carbonyl (C=O) groups excluding carboxylic acids is 1. The van der Waals surface area contributed by atoms with E-state index >= 15 is 0 Å². The molecule has 0 saturated heterocycles. The van der Waals surface area contributed by atoms with Crippen molar-refractivity contribution in [2.45, 2.75) is 19.9 Å². The highest BCUT2D eigenvalue weighted by molar-refractivity contribution is 7.89. The number of carbonyl (C=O) groups is 2. The summed E-state index contributed by atoms with van der Waals surface area (Å²) in [6.07, 6.45) is 0. The second kappa shape index (κ2) is 5.80.